The van der Waals surface area contributed by atoms with E-state index < -0.39 is 29.7 Å². The second-order valence-electron chi connectivity index (χ2n) is 9.69. The molecule has 186 valence electrons. The number of unbranched alkanes of at least 4 members (excludes halogenated alkanes) is 1. The van der Waals surface area contributed by atoms with Crippen molar-refractivity contribution in [2.24, 2.45) is 5.92 Å². The topological polar surface area (TPSA) is 87.7 Å². The Morgan fingerprint density at radius 1 is 1.29 bits per heavy atom. The van der Waals surface area contributed by atoms with Crippen LogP contribution >= 0.6 is 12.6 Å². The average Bonchev–Trinajstić information content (AvgIpc) is 3.49. The largest absolute Gasteiger partial charge is 0.444 e. The molecule has 4 atom stereocenters. The normalized spacial score (nSPS) is 18.7. The molecule has 7 nitrogen and oxygen atoms in total. The van der Waals surface area contributed by atoms with E-state index in [1.165, 1.54) is 0 Å². The summed E-state index contributed by atoms with van der Waals surface area (Å²) in [5.74, 6) is 2.23. The van der Waals surface area contributed by atoms with Crippen molar-refractivity contribution in [1.82, 2.24) is 15.5 Å². The van der Waals surface area contributed by atoms with E-state index in [1.807, 2.05) is 13.8 Å². The number of amides is 3. The van der Waals surface area contributed by atoms with Crippen LogP contribution in [-0.4, -0.2) is 52.8 Å². The fourth-order valence-electron chi connectivity index (χ4n) is 3.76. The number of rotatable bonds is 10. The Morgan fingerprint density at radius 2 is 1.94 bits per heavy atom. The Bertz CT molecular complexity index is 921. The third-order valence-electron chi connectivity index (χ3n) is 5.62. The van der Waals surface area contributed by atoms with Crippen LogP contribution in [0.1, 0.15) is 71.0 Å². The van der Waals surface area contributed by atoms with Gasteiger partial charge in [-0.2, -0.15) is 12.6 Å². The minimum absolute atomic E-state index is 0.0522. The molecule has 0 bridgehead atoms. The lowest BCUT2D eigenvalue weighted by Crippen LogP contribution is -2.55. The third kappa shape index (κ3) is 7.42. The summed E-state index contributed by atoms with van der Waals surface area (Å²) >= 11 is 4.31. The molecule has 3 amide bonds. The number of hydrogen-bond acceptors (Lipinski definition) is 5. The van der Waals surface area contributed by atoms with E-state index in [-0.39, 0.29) is 23.6 Å². The number of ether oxygens (including phenoxy) is 1. The van der Waals surface area contributed by atoms with Gasteiger partial charge in [0.15, 0.2) is 0 Å². The standard InChI is InChI=1S/C26H37N3O4S/c1-7-9-14-27-23(30)22(19-13-11-10-12-18(19)8-2)29(21-15-17(21)3)24(31)20(16-34)28-25(32)33-26(4,5)6/h2,10-13,17,20-22,34H,7,9,14-16H2,1,3-6H3,(H,27,30)(H,28,32). The molecule has 2 rings (SSSR count). The van der Waals surface area contributed by atoms with E-state index in [2.05, 4.69) is 29.2 Å². The van der Waals surface area contributed by atoms with Crippen molar-refractivity contribution in [2.75, 3.05) is 12.3 Å². The lowest BCUT2D eigenvalue weighted by Gasteiger charge is -2.35. The SMILES string of the molecule is C#Cc1ccccc1C(C(=O)NCCCC)N(C(=O)C(CS)NC(=O)OC(C)(C)C)C1CC1C. The molecule has 34 heavy (non-hydrogen) atoms. The number of alkyl carbamates (subject to hydrolysis) is 1. The van der Waals surface area contributed by atoms with Crippen LogP contribution in [0, 0.1) is 18.3 Å². The summed E-state index contributed by atoms with van der Waals surface area (Å²) < 4.78 is 5.33. The number of nitrogens with one attached hydrogen (secondary N) is 2. The molecule has 1 saturated carbocycles. The molecule has 0 heterocycles. The maximum absolute atomic E-state index is 13.8. The predicted molar refractivity (Wildman–Crippen MR) is 136 cm³/mol. The summed E-state index contributed by atoms with van der Waals surface area (Å²) in [5, 5.41) is 5.59. The summed E-state index contributed by atoms with van der Waals surface area (Å²) in [7, 11) is 0. The molecular weight excluding hydrogens is 450 g/mol. The van der Waals surface area contributed by atoms with E-state index in [1.54, 1.807) is 49.9 Å². The van der Waals surface area contributed by atoms with Crippen molar-refractivity contribution in [3.8, 4) is 12.3 Å². The van der Waals surface area contributed by atoms with Gasteiger partial charge in [-0.25, -0.2) is 4.79 Å². The fourth-order valence-corrected chi connectivity index (χ4v) is 4.00. The first kappa shape index (κ1) is 27.6. The Labute approximate surface area is 208 Å². The molecule has 1 aliphatic carbocycles. The molecule has 4 unspecified atom stereocenters. The highest BCUT2D eigenvalue weighted by Crippen LogP contribution is 2.41. The molecule has 2 N–H and O–H groups in total. The van der Waals surface area contributed by atoms with Gasteiger partial charge in [0.25, 0.3) is 0 Å². The average molecular weight is 488 g/mol. The van der Waals surface area contributed by atoms with E-state index in [0.717, 1.165) is 19.3 Å². The highest BCUT2D eigenvalue weighted by molar-refractivity contribution is 7.80. The van der Waals surface area contributed by atoms with Crippen molar-refractivity contribution in [1.29, 1.82) is 0 Å². The van der Waals surface area contributed by atoms with E-state index >= 15 is 0 Å². The molecule has 0 saturated heterocycles. The van der Waals surface area contributed by atoms with E-state index in [4.69, 9.17) is 11.2 Å². The number of nitrogens with zero attached hydrogens (tertiary/aromatic N) is 1. The molecule has 0 aromatic heterocycles. The first-order chi connectivity index (χ1) is 16.0. The first-order valence-electron chi connectivity index (χ1n) is 11.8. The molecule has 0 spiro atoms. The summed E-state index contributed by atoms with van der Waals surface area (Å²) in [5.41, 5.74) is 0.417. The zero-order chi connectivity index (χ0) is 25.5. The van der Waals surface area contributed by atoms with Crippen molar-refractivity contribution >= 4 is 30.5 Å². The van der Waals surface area contributed by atoms with Crippen LogP contribution in [0.25, 0.3) is 0 Å². The second kappa shape index (κ2) is 12.2. The van der Waals surface area contributed by atoms with Crippen molar-refractivity contribution < 1.29 is 19.1 Å². The molecule has 1 aromatic carbocycles. The number of carbonyl (C=O) groups excluding carboxylic acids is 3. The summed E-state index contributed by atoms with van der Waals surface area (Å²) in [6.45, 7) is 9.80. The van der Waals surface area contributed by atoms with Gasteiger partial charge in [-0.05, 0) is 51.2 Å². The molecule has 0 radical (unpaired) electrons. The van der Waals surface area contributed by atoms with Crippen molar-refractivity contribution in [3.05, 3.63) is 35.4 Å². The van der Waals surface area contributed by atoms with Gasteiger partial charge in [0.1, 0.15) is 17.7 Å². The van der Waals surface area contributed by atoms with Gasteiger partial charge in [0.2, 0.25) is 11.8 Å². The molecule has 0 aliphatic heterocycles. The van der Waals surface area contributed by atoms with Gasteiger partial charge in [-0.3, -0.25) is 9.59 Å². The first-order valence-corrected chi connectivity index (χ1v) is 12.4. The quantitative estimate of drug-likeness (QED) is 0.267. The minimum Gasteiger partial charge on any atom is -0.444 e. The summed E-state index contributed by atoms with van der Waals surface area (Å²) in [6.07, 6.45) is 7.54. The molecule has 8 heteroatoms. The maximum atomic E-state index is 13.8. The Hall–Kier alpha value is -2.66. The van der Waals surface area contributed by atoms with Crippen LogP contribution in [0.5, 0.6) is 0 Å². The number of thiol groups is 1. The highest BCUT2D eigenvalue weighted by atomic mass is 32.1. The summed E-state index contributed by atoms with van der Waals surface area (Å²) in [4.78, 5) is 41.3. The van der Waals surface area contributed by atoms with Gasteiger partial charge in [-0.1, -0.05) is 44.4 Å². The Morgan fingerprint density at radius 3 is 2.47 bits per heavy atom. The Balaban J connectivity index is 2.45. The van der Waals surface area contributed by atoms with Crippen LogP contribution < -0.4 is 10.6 Å². The monoisotopic (exact) mass is 487 g/mol. The molecule has 1 fully saturated rings. The van der Waals surface area contributed by atoms with Crippen LogP contribution in [0.3, 0.4) is 0 Å². The Kier molecular flexibility index (Phi) is 9.87. The number of terminal acetylenes is 1. The lowest BCUT2D eigenvalue weighted by molar-refractivity contribution is -0.143. The smallest absolute Gasteiger partial charge is 0.408 e. The highest BCUT2D eigenvalue weighted by Gasteiger charge is 2.48. The molecule has 1 aromatic rings. The fraction of sp³-hybridized carbons (Fsp3) is 0.577. The summed E-state index contributed by atoms with van der Waals surface area (Å²) in [6, 6.07) is 5.11. The van der Waals surface area contributed by atoms with Crippen LogP contribution in [0.15, 0.2) is 24.3 Å². The van der Waals surface area contributed by atoms with Crippen LogP contribution in [-0.2, 0) is 14.3 Å². The van der Waals surface area contributed by atoms with Gasteiger partial charge < -0.3 is 20.3 Å². The zero-order valence-electron chi connectivity index (χ0n) is 20.8. The molecule has 1 aliphatic rings. The third-order valence-corrected chi connectivity index (χ3v) is 5.98. The van der Waals surface area contributed by atoms with Gasteiger partial charge >= 0.3 is 6.09 Å². The zero-order valence-corrected chi connectivity index (χ0v) is 21.7. The van der Waals surface area contributed by atoms with Crippen molar-refractivity contribution in [2.45, 2.75) is 77.6 Å². The van der Waals surface area contributed by atoms with Crippen LogP contribution in [0.4, 0.5) is 4.79 Å². The number of carbonyl (C=O) groups is 3. The predicted octanol–water partition coefficient (Wildman–Crippen LogP) is 3.69. The van der Waals surface area contributed by atoms with Crippen molar-refractivity contribution in [3.63, 3.8) is 0 Å². The van der Waals surface area contributed by atoms with E-state index in [9.17, 15) is 14.4 Å². The second-order valence-corrected chi connectivity index (χ2v) is 10.1. The van der Waals surface area contributed by atoms with Crippen LogP contribution in [0.2, 0.25) is 0 Å². The number of hydrogen-bond donors (Lipinski definition) is 3. The van der Waals surface area contributed by atoms with Gasteiger partial charge in [-0.15, -0.1) is 6.42 Å². The maximum Gasteiger partial charge on any atom is 0.408 e. The number of benzene rings is 1. The molecular formula is C26H37N3O4S. The minimum atomic E-state index is -0.963. The lowest BCUT2D eigenvalue weighted by atomic mass is 9.97. The van der Waals surface area contributed by atoms with E-state index in [0.29, 0.717) is 17.7 Å². The van der Waals surface area contributed by atoms with Gasteiger partial charge in [0.05, 0.1) is 0 Å². The van der Waals surface area contributed by atoms with Gasteiger partial charge in [0, 0.05) is 23.9 Å².